The molecule has 0 radical (unpaired) electrons. The van der Waals surface area contributed by atoms with Crippen LogP contribution in [0.1, 0.15) is 35.3 Å². The molecule has 0 aromatic heterocycles. The Morgan fingerprint density at radius 2 is 1.60 bits per heavy atom. The second-order valence-corrected chi connectivity index (χ2v) is 7.87. The Kier molecular flexibility index (Phi) is 5.36. The van der Waals surface area contributed by atoms with Gasteiger partial charge in [0.2, 0.25) is 5.91 Å². The number of carbonyl (C=O) groups is 2. The fourth-order valence-corrected chi connectivity index (χ4v) is 3.84. The van der Waals surface area contributed by atoms with Crippen molar-refractivity contribution in [2.75, 3.05) is 5.32 Å². The van der Waals surface area contributed by atoms with Gasteiger partial charge in [0.1, 0.15) is 11.9 Å². The molecule has 0 bridgehead atoms. The summed E-state index contributed by atoms with van der Waals surface area (Å²) in [7, 11) is 0. The lowest BCUT2D eigenvalue weighted by Crippen LogP contribution is -2.47. The van der Waals surface area contributed by atoms with E-state index in [1.54, 1.807) is 6.07 Å². The van der Waals surface area contributed by atoms with Gasteiger partial charge in [0.15, 0.2) is 0 Å². The molecule has 2 N–H and O–H groups in total. The quantitative estimate of drug-likeness (QED) is 0.504. The Hall–Kier alpha value is -3.47. The summed E-state index contributed by atoms with van der Waals surface area (Å²) in [6, 6.07) is 19.1. The number of amides is 2. The average molecular weight is 402 g/mol. The molecule has 0 saturated carbocycles. The van der Waals surface area contributed by atoms with Crippen LogP contribution in [0, 0.1) is 11.7 Å². The average Bonchev–Trinajstić information content (AvgIpc) is 3.09. The van der Waals surface area contributed by atoms with Gasteiger partial charge < -0.3 is 10.6 Å². The predicted molar refractivity (Wildman–Crippen MR) is 116 cm³/mol. The molecule has 5 heteroatoms. The van der Waals surface area contributed by atoms with Crippen molar-refractivity contribution < 1.29 is 14.0 Å². The first-order valence-electron chi connectivity index (χ1n) is 10.0. The number of anilines is 1. The molecule has 4 nitrogen and oxygen atoms in total. The summed E-state index contributed by atoms with van der Waals surface area (Å²) in [6.07, 6.45) is 0.826. The highest BCUT2D eigenvalue weighted by Crippen LogP contribution is 2.37. The van der Waals surface area contributed by atoms with E-state index in [1.165, 1.54) is 34.9 Å². The zero-order valence-corrected chi connectivity index (χ0v) is 16.9. The normalized spacial score (nSPS) is 12.8. The van der Waals surface area contributed by atoms with Gasteiger partial charge in [-0.3, -0.25) is 9.59 Å². The lowest BCUT2D eigenvalue weighted by atomic mass is 10.0. The van der Waals surface area contributed by atoms with Crippen molar-refractivity contribution in [2.45, 2.75) is 26.3 Å². The Morgan fingerprint density at radius 3 is 2.37 bits per heavy atom. The third-order valence-electron chi connectivity index (χ3n) is 5.42. The molecule has 1 unspecified atom stereocenters. The molecule has 1 aliphatic rings. The van der Waals surface area contributed by atoms with Gasteiger partial charge in [-0.15, -0.1) is 0 Å². The lowest BCUT2D eigenvalue weighted by Gasteiger charge is -2.22. The Labute approximate surface area is 175 Å². The fraction of sp³-hybridized carbons (Fsp3) is 0.200. The highest BCUT2D eigenvalue weighted by molar-refractivity contribution is 6.01. The van der Waals surface area contributed by atoms with E-state index >= 15 is 0 Å². The number of halogens is 1. The van der Waals surface area contributed by atoms with Crippen LogP contribution in [0.5, 0.6) is 0 Å². The third kappa shape index (κ3) is 3.83. The first kappa shape index (κ1) is 19.8. The van der Waals surface area contributed by atoms with Gasteiger partial charge in [-0.05, 0) is 58.9 Å². The maximum absolute atomic E-state index is 13.9. The number of benzene rings is 3. The van der Waals surface area contributed by atoms with Gasteiger partial charge in [-0.2, -0.15) is 0 Å². The standard InChI is InChI=1S/C25H23FN2O2/c1-15(2)23(28-24(29)21-9-5-6-10-22(21)26)25(30)27-18-11-12-20-17(14-18)13-16-7-3-4-8-19(16)20/h3-12,14-15,23H,13H2,1-2H3,(H,27,30)(H,28,29). The van der Waals surface area contributed by atoms with Gasteiger partial charge in [-0.1, -0.05) is 56.3 Å². The molecule has 2 amide bonds. The summed E-state index contributed by atoms with van der Waals surface area (Å²) in [5, 5.41) is 5.57. The van der Waals surface area contributed by atoms with Crippen LogP contribution >= 0.6 is 0 Å². The topological polar surface area (TPSA) is 58.2 Å². The highest BCUT2D eigenvalue weighted by atomic mass is 19.1. The number of carbonyl (C=O) groups excluding carboxylic acids is 2. The van der Waals surface area contributed by atoms with Crippen LogP contribution in [0.4, 0.5) is 10.1 Å². The van der Waals surface area contributed by atoms with E-state index in [0.717, 1.165) is 12.0 Å². The SMILES string of the molecule is CC(C)C(NC(=O)c1ccccc1F)C(=O)Nc1ccc2c(c1)Cc1ccccc1-2. The molecule has 152 valence electrons. The van der Waals surface area contributed by atoms with Crippen LogP contribution in [-0.2, 0) is 11.2 Å². The molecule has 0 fully saturated rings. The van der Waals surface area contributed by atoms with Gasteiger partial charge in [0, 0.05) is 5.69 Å². The molecule has 0 spiro atoms. The smallest absolute Gasteiger partial charge is 0.254 e. The largest absolute Gasteiger partial charge is 0.340 e. The van der Waals surface area contributed by atoms with Crippen molar-refractivity contribution >= 4 is 17.5 Å². The number of hydrogen-bond donors (Lipinski definition) is 2. The van der Waals surface area contributed by atoms with Crippen LogP contribution in [0.25, 0.3) is 11.1 Å². The Morgan fingerprint density at radius 1 is 0.900 bits per heavy atom. The molecule has 3 aromatic rings. The van der Waals surface area contributed by atoms with Crippen molar-refractivity contribution in [2.24, 2.45) is 5.92 Å². The van der Waals surface area contributed by atoms with Gasteiger partial charge in [0.05, 0.1) is 5.56 Å². The van der Waals surface area contributed by atoms with E-state index in [0.29, 0.717) is 5.69 Å². The van der Waals surface area contributed by atoms with Crippen molar-refractivity contribution in [3.8, 4) is 11.1 Å². The minimum Gasteiger partial charge on any atom is -0.340 e. The summed E-state index contributed by atoms with van der Waals surface area (Å²) >= 11 is 0. The summed E-state index contributed by atoms with van der Waals surface area (Å²) in [6.45, 7) is 3.68. The van der Waals surface area contributed by atoms with Crippen LogP contribution < -0.4 is 10.6 Å². The molecular weight excluding hydrogens is 379 g/mol. The van der Waals surface area contributed by atoms with E-state index in [1.807, 2.05) is 44.2 Å². The zero-order chi connectivity index (χ0) is 21.3. The molecule has 30 heavy (non-hydrogen) atoms. The maximum atomic E-state index is 13.9. The van der Waals surface area contributed by atoms with E-state index in [-0.39, 0.29) is 17.4 Å². The van der Waals surface area contributed by atoms with Crippen LogP contribution in [-0.4, -0.2) is 17.9 Å². The summed E-state index contributed by atoms with van der Waals surface area (Å²) in [4.78, 5) is 25.4. The number of rotatable bonds is 5. The van der Waals surface area contributed by atoms with Crippen molar-refractivity contribution in [3.63, 3.8) is 0 Å². The summed E-state index contributed by atoms with van der Waals surface area (Å²) in [5.41, 5.74) is 5.43. The van der Waals surface area contributed by atoms with E-state index in [4.69, 9.17) is 0 Å². The minimum atomic E-state index is -0.789. The highest BCUT2D eigenvalue weighted by Gasteiger charge is 2.26. The fourth-order valence-electron chi connectivity index (χ4n) is 3.84. The molecule has 1 aliphatic carbocycles. The van der Waals surface area contributed by atoms with Crippen molar-refractivity contribution in [1.29, 1.82) is 0 Å². The molecule has 0 aliphatic heterocycles. The number of hydrogen-bond acceptors (Lipinski definition) is 2. The van der Waals surface area contributed by atoms with Gasteiger partial charge >= 0.3 is 0 Å². The summed E-state index contributed by atoms with van der Waals surface area (Å²) in [5.74, 6) is -1.72. The molecule has 4 rings (SSSR count). The van der Waals surface area contributed by atoms with E-state index < -0.39 is 17.8 Å². The number of fused-ring (bicyclic) bond motifs is 3. The zero-order valence-electron chi connectivity index (χ0n) is 16.9. The molecule has 3 aromatic carbocycles. The predicted octanol–water partition coefficient (Wildman–Crippen LogP) is 4.79. The molecule has 1 atom stereocenters. The van der Waals surface area contributed by atoms with Gasteiger partial charge in [-0.25, -0.2) is 4.39 Å². The third-order valence-corrected chi connectivity index (χ3v) is 5.42. The second kappa shape index (κ2) is 8.11. The van der Waals surface area contributed by atoms with Crippen molar-refractivity contribution in [3.05, 3.63) is 89.2 Å². The van der Waals surface area contributed by atoms with E-state index in [2.05, 4.69) is 22.8 Å². The molecular formula is C25H23FN2O2. The van der Waals surface area contributed by atoms with Gasteiger partial charge in [0.25, 0.3) is 5.91 Å². The lowest BCUT2D eigenvalue weighted by molar-refractivity contribution is -0.118. The van der Waals surface area contributed by atoms with E-state index in [9.17, 15) is 14.0 Å². The second-order valence-electron chi connectivity index (χ2n) is 7.87. The molecule has 0 saturated heterocycles. The monoisotopic (exact) mass is 402 g/mol. The Balaban J connectivity index is 1.50. The van der Waals surface area contributed by atoms with Crippen LogP contribution in [0.2, 0.25) is 0 Å². The number of nitrogens with one attached hydrogen (secondary N) is 2. The first-order valence-corrected chi connectivity index (χ1v) is 10.0. The Bertz CT molecular complexity index is 1120. The van der Waals surface area contributed by atoms with Crippen molar-refractivity contribution in [1.82, 2.24) is 5.32 Å². The van der Waals surface area contributed by atoms with Crippen LogP contribution in [0.3, 0.4) is 0 Å². The molecule has 0 heterocycles. The minimum absolute atomic E-state index is 0.0776. The first-order chi connectivity index (χ1) is 14.4. The summed E-state index contributed by atoms with van der Waals surface area (Å²) < 4.78 is 13.9. The maximum Gasteiger partial charge on any atom is 0.254 e. The van der Waals surface area contributed by atoms with Crippen LogP contribution in [0.15, 0.2) is 66.7 Å².